The van der Waals surface area contributed by atoms with Gasteiger partial charge < -0.3 is 19.7 Å². The van der Waals surface area contributed by atoms with Crippen molar-refractivity contribution >= 4 is 50.0 Å². The summed E-state index contributed by atoms with van der Waals surface area (Å²) in [6.45, 7) is 0.622. The molecule has 188 valence electrons. The van der Waals surface area contributed by atoms with Crippen molar-refractivity contribution in [2.45, 2.75) is 17.9 Å². The van der Waals surface area contributed by atoms with Gasteiger partial charge in [-0.3, -0.25) is 9.52 Å². The minimum atomic E-state index is -3.76. The van der Waals surface area contributed by atoms with Gasteiger partial charge in [-0.25, -0.2) is 18.0 Å². The molecule has 3 aromatic rings. The number of carbonyl (C=O) groups excluding carboxylic acids is 3. The summed E-state index contributed by atoms with van der Waals surface area (Å²) < 4.78 is 37.2. The van der Waals surface area contributed by atoms with Gasteiger partial charge in [-0.05, 0) is 48.4 Å². The highest BCUT2D eigenvalue weighted by atomic mass is 32.2. The van der Waals surface area contributed by atoms with Gasteiger partial charge in [0.1, 0.15) is 5.00 Å². The maximum atomic E-state index is 12.9. The molecule has 1 aliphatic rings. The molecule has 0 spiro atoms. The van der Waals surface area contributed by atoms with Crippen LogP contribution in [0.15, 0.2) is 59.5 Å². The number of benzene rings is 2. The first-order chi connectivity index (χ1) is 17.2. The van der Waals surface area contributed by atoms with Crippen LogP contribution < -0.4 is 10.0 Å². The Morgan fingerprint density at radius 2 is 1.67 bits per heavy atom. The van der Waals surface area contributed by atoms with Gasteiger partial charge in [0.15, 0.2) is 0 Å². The van der Waals surface area contributed by atoms with Crippen LogP contribution in [-0.2, 0) is 32.5 Å². The Bertz CT molecular complexity index is 1400. The predicted molar refractivity (Wildman–Crippen MR) is 134 cm³/mol. The van der Waals surface area contributed by atoms with Gasteiger partial charge in [-0.1, -0.05) is 18.2 Å². The first-order valence-electron chi connectivity index (χ1n) is 10.8. The molecule has 4 rings (SSSR count). The van der Waals surface area contributed by atoms with Gasteiger partial charge in [0.2, 0.25) is 0 Å². The Morgan fingerprint density at radius 3 is 2.31 bits per heavy atom. The van der Waals surface area contributed by atoms with Crippen LogP contribution in [-0.4, -0.2) is 52.1 Å². The number of hydrogen-bond donors (Lipinski definition) is 2. The van der Waals surface area contributed by atoms with E-state index in [1.807, 2.05) is 0 Å². The molecule has 0 aliphatic carbocycles. The summed E-state index contributed by atoms with van der Waals surface area (Å²) in [7, 11) is -1.20. The Kier molecular flexibility index (Phi) is 7.27. The van der Waals surface area contributed by atoms with Gasteiger partial charge in [-0.2, -0.15) is 0 Å². The number of hydrogen-bond acceptors (Lipinski definition) is 8. The van der Waals surface area contributed by atoms with E-state index in [1.165, 1.54) is 66.9 Å². The minimum Gasteiger partial charge on any atom is -0.465 e. The summed E-state index contributed by atoms with van der Waals surface area (Å²) in [5.74, 6) is -1.07. The average molecular weight is 530 g/mol. The quantitative estimate of drug-likeness (QED) is 0.466. The largest absolute Gasteiger partial charge is 0.465 e. The molecule has 2 heterocycles. The third-order valence-corrected chi connectivity index (χ3v) is 8.09. The third kappa shape index (κ3) is 5.19. The molecule has 12 heteroatoms. The molecule has 2 N–H and O–H groups in total. The summed E-state index contributed by atoms with van der Waals surface area (Å²) >= 11 is 1.20. The van der Waals surface area contributed by atoms with E-state index in [0.717, 1.165) is 10.4 Å². The second-order valence-corrected chi connectivity index (χ2v) is 10.6. The molecule has 1 aliphatic heterocycles. The van der Waals surface area contributed by atoms with Crippen LogP contribution in [0.3, 0.4) is 0 Å². The lowest BCUT2D eigenvalue weighted by Crippen LogP contribution is -2.35. The molecule has 2 aromatic carbocycles. The fourth-order valence-corrected chi connectivity index (χ4v) is 6.10. The third-order valence-electron chi connectivity index (χ3n) is 5.56. The number of anilines is 2. The summed E-state index contributed by atoms with van der Waals surface area (Å²) in [4.78, 5) is 39.8. The van der Waals surface area contributed by atoms with Gasteiger partial charge in [0.05, 0.1) is 31.2 Å². The molecular weight excluding hydrogens is 506 g/mol. The van der Waals surface area contributed by atoms with Crippen LogP contribution in [0, 0.1) is 0 Å². The van der Waals surface area contributed by atoms with Crippen molar-refractivity contribution in [3.8, 4) is 0 Å². The van der Waals surface area contributed by atoms with Gasteiger partial charge in [-0.15, -0.1) is 11.3 Å². The number of rotatable bonds is 6. The van der Waals surface area contributed by atoms with Crippen molar-refractivity contribution in [1.82, 2.24) is 4.90 Å². The zero-order valence-electron chi connectivity index (χ0n) is 19.4. The van der Waals surface area contributed by atoms with Gasteiger partial charge in [0.25, 0.3) is 15.9 Å². The Labute approximate surface area is 211 Å². The number of amides is 2. The van der Waals surface area contributed by atoms with Crippen molar-refractivity contribution in [1.29, 1.82) is 0 Å². The fourth-order valence-electron chi connectivity index (χ4n) is 3.77. The van der Waals surface area contributed by atoms with E-state index in [4.69, 9.17) is 9.47 Å². The van der Waals surface area contributed by atoms with E-state index in [0.29, 0.717) is 23.7 Å². The second-order valence-electron chi connectivity index (χ2n) is 7.79. The van der Waals surface area contributed by atoms with E-state index in [9.17, 15) is 22.8 Å². The van der Waals surface area contributed by atoms with Crippen LogP contribution in [0.2, 0.25) is 0 Å². The number of carbonyl (C=O) groups is 3. The van der Waals surface area contributed by atoms with Crippen LogP contribution in [0.1, 0.15) is 31.2 Å². The zero-order valence-corrected chi connectivity index (χ0v) is 21.1. The van der Waals surface area contributed by atoms with Crippen LogP contribution in [0.5, 0.6) is 0 Å². The molecular formula is C24H23N3O7S2. The number of nitrogens with one attached hydrogen (secondary N) is 2. The molecule has 0 unspecified atom stereocenters. The first kappa shape index (κ1) is 25.2. The van der Waals surface area contributed by atoms with Crippen molar-refractivity contribution in [3.05, 3.63) is 76.2 Å². The summed E-state index contributed by atoms with van der Waals surface area (Å²) in [6, 6.07) is 13.8. The van der Waals surface area contributed by atoms with Crippen molar-refractivity contribution in [2.24, 2.45) is 0 Å². The Hall–Kier alpha value is -3.90. The monoisotopic (exact) mass is 529 g/mol. The lowest BCUT2D eigenvalue weighted by atomic mass is 10.0. The fraction of sp³-hybridized carbons (Fsp3) is 0.208. The normalized spacial score (nSPS) is 12.9. The van der Waals surface area contributed by atoms with E-state index in [-0.39, 0.29) is 22.6 Å². The molecule has 0 radical (unpaired) electrons. The van der Waals surface area contributed by atoms with Crippen molar-refractivity contribution in [3.63, 3.8) is 0 Å². The highest BCUT2D eigenvalue weighted by Gasteiger charge is 2.31. The van der Waals surface area contributed by atoms with Crippen molar-refractivity contribution < 1.29 is 32.3 Å². The smallest absolute Gasteiger partial charge is 0.409 e. The Morgan fingerprint density at radius 1 is 0.972 bits per heavy atom. The molecule has 0 fully saturated rings. The number of esters is 1. The highest BCUT2D eigenvalue weighted by Crippen LogP contribution is 2.38. The molecule has 10 nitrogen and oxygen atoms in total. The number of methoxy groups -OCH3 is 2. The topological polar surface area (TPSA) is 131 Å². The zero-order chi connectivity index (χ0) is 25.9. The van der Waals surface area contributed by atoms with Crippen LogP contribution in [0.25, 0.3) is 0 Å². The molecule has 2 amide bonds. The standard InChI is InChI=1S/C24H23N3O7S2/c1-33-23(29)20-18-12-13-27(24(30)34-2)14-19(18)35-22(20)25-21(28)15-8-10-16(11-9-15)26-36(31,32)17-6-4-3-5-7-17/h3-11,26H,12-14H2,1-2H3,(H,25,28). The van der Waals surface area contributed by atoms with Crippen LogP contribution >= 0.6 is 11.3 Å². The lowest BCUT2D eigenvalue weighted by Gasteiger charge is -2.25. The Balaban J connectivity index is 1.53. The maximum absolute atomic E-state index is 12.9. The molecule has 0 atom stereocenters. The lowest BCUT2D eigenvalue weighted by molar-refractivity contribution is 0.0600. The molecule has 0 saturated carbocycles. The number of sulfonamides is 1. The van der Waals surface area contributed by atoms with E-state index >= 15 is 0 Å². The summed E-state index contributed by atoms with van der Waals surface area (Å²) in [5, 5.41) is 3.07. The highest BCUT2D eigenvalue weighted by molar-refractivity contribution is 7.92. The van der Waals surface area contributed by atoms with Crippen LogP contribution in [0.4, 0.5) is 15.5 Å². The average Bonchev–Trinajstić information content (AvgIpc) is 3.25. The van der Waals surface area contributed by atoms with E-state index < -0.39 is 28.0 Å². The number of fused-ring (bicyclic) bond motifs is 1. The van der Waals surface area contributed by atoms with Crippen molar-refractivity contribution in [2.75, 3.05) is 30.8 Å². The second kappa shape index (κ2) is 10.4. The van der Waals surface area contributed by atoms with E-state index in [2.05, 4.69) is 10.0 Å². The molecule has 0 saturated heterocycles. The number of nitrogens with zero attached hydrogens (tertiary/aromatic N) is 1. The number of thiophene rings is 1. The van der Waals surface area contributed by atoms with E-state index in [1.54, 1.807) is 18.2 Å². The minimum absolute atomic E-state index is 0.120. The first-order valence-corrected chi connectivity index (χ1v) is 13.1. The summed E-state index contributed by atoms with van der Waals surface area (Å²) in [6.07, 6.45) is -0.0560. The predicted octanol–water partition coefficient (Wildman–Crippen LogP) is 3.71. The molecule has 1 aromatic heterocycles. The summed E-state index contributed by atoms with van der Waals surface area (Å²) in [5.41, 5.74) is 1.55. The number of ether oxygens (including phenoxy) is 2. The SMILES string of the molecule is COC(=O)c1c(NC(=O)c2ccc(NS(=O)(=O)c3ccccc3)cc2)sc2c1CCN(C(=O)OC)C2. The maximum Gasteiger partial charge on any atom is 0.409 e. The van der Waals surface area contributed by atoms with Gasteiger partial charge in [0, 0.05) is 22.7 Å². The molecule has 36 heavy (non-hydrogen) atoms. The van der Waals surface area contributed by atoms with Gasteiger partial charge >= 0.3 is 12.1 Å². The molecule has 0 bridgehead atoms.